The monoisotopic (exact) mass is 263 g/mol. The zero-order chi connectivity index (χ0) is 14.1. The van der Waals surface area contributed by atoms with Crippen molar-refractivity contribution in [1.82, 2.24) is 10.2 Å². The Labute approximate surface area is 114 Å². The molecule has 104 valence electrons. The number of likely N-dealkylation sites (N-methyl/N-ethyl adjacent to an activating group) is 1. The molecular formula is C14H21N3O2. The van der Waals surface area contributed by atoms with Gasteiger partial charge < -0.3 is 10.6 Å². The van der Waals surface area contributed by atoms with Gasteiger partial charge in [-0.1, -0.05) is 32.0 Å². The van der Waals surface area contributed by atoms with Crippen LogP contribution in [0.5, 0.6) is 0 Å². The molecule has 0 saturated heterocycles. The topological polar surface area (TPSA) is 61.4 Å². The Bertz CT molecular complexity index is 402. The molecule has 0 saturated carbocycles. The third-order valence-electron chi connectivity index (χ3n) is 2.77. The first-order valence-corrected chi connectivity index (χ1v) is 6.49. The Morgan fingerprint density at radius 2 is 1.68 bits per heavy atom. The van der Waals surface area contributed by atoms with Gasteiger partial charge in [-0.3, -0.25) is 14.5 Å². The maximum atomic E-state index is 11.6. The number of hydrogen-bond donors (Lipinski definition) is 2. The summed E-state index contributed by atoms with van der Waals surface area (Å²) >= 11 is 0. The summed E-state index contributed by atoms with van der Waals surface area (Å²) in [6.07, 6.45) is 0. The highest BCUT2D eigenvalue weighted by Gasteiger charge is 2.08. The Morgan fingerprint density at radius 3 is 2.26 bits per heavy atom. The fourth-order valence-corrected chi connectivity index (χ4v) is 1.61. The molecule has 0 bridgehead atoms. The molecule has 5 heteroatoms. The van der Waals surface area contributed by atoms with Gasteiger partial charge in [-0.25, -0.2) is 0 Å². The zero-order valence-corrected chi connectivity index (χ0v) is 11.5. The highest BCUT2D eigenvalue weighted by molar-refractivity contribution is 5.94. The van der Waals surface area contributed by atoms with Crippen LogP contribution in [0, 0.1) is 0 Å². The van der Waals surface area contributed by atoms with Crippen LogP contribution in [0.25, 0.3) is 0 Å². The molecule has 19 heavy (non-hydrogen) atoms. The normalized spacial score (nSPS) is 10.3. The van der Waals surface area contributed by atoms with Gasteiger partial charge in [-0.15, -0.1) is 0 Å². The molecule has 0 radical (unpaired) electrons. The van der Waals surface area contributed by atoms with Gasteiger partial charge in [-0.2, -0.15) is 0 Å². The van der Waals surface area contributed by atoms with Gasteiger partial charge in [0.2, 0.25) is 11.8 Å². The molecule has 0 heterocycles. The number of rotatable bonds is 7. The van der Waals surface area contributed by atoms with Crippen LogP contribution < -0.4 is 10.6 Å². The van der Waals surface area contributed by atoms with Crippen LogP contribution in [0.2, 0.25) is 0 Å². The van der Waals surface area contributed by atoms with E-state index in [2.05, 4.69) is 10.6 Å². The average Bonchev–Trinajstić information content (AvgIpc) is 2.43. The summed E-state index contributed by atoms with van der Waals surface area (Å²) in [6, 6.07) is 9.16. The lowest BCUT2D eigenvalue weighted by Gasteiger charge is -2.17. The van der Waals surface area contributed by atoms with Gasteiger partial charge in [0.15, 0.2) is 0 Å². The molecule has 0 aromatic heterocycles. The SMILES string of the molecule is CCN(CC)CC(=O)NCC(=O)Nc1ccccc1. The second kappa shape index (κ2) is 8.26. The predicted molar refractivity (Wildman–Crippen MR) is 75.9 cm³/mol. The number of carbonyl (C=O) groups excluding carboxylic acids is 2. The molecule has 1 aromatic rings. The van der Waals surface area contributed by atoms with Crippen molar-refractivity contribution in [3.05, 3.63) is 30.3 Å². The van der Waals surface area contributed by atoms with E-state index >= 15 is 0 Å². The molecule has 0 aliphatic rings. The van der Waals surface area contributed by atoms with Crippen molar-refractivity contribution < 1.29 is 9.59 Å². The number of para-hydroxylation sites is 1. The molecule has 2 N–H and O–H groups in total. The van der Waals surface area contributed by atoms with Crippen molar-refractivity contribution in [2.24, 2.45) is 0 Å². The minimum Gasteiger partial charge on any atom is -0.346 e. The Hall–Kier alpha value is -1.88. The fraction of sp³-hybridized carbons (Fsp3) is 0.429. The van der Waals surface area contributed by atoms with E-state index in [0.29, 0.717) is 6.54 Å². The number of carbonyl (C=O) groups is 2. The van der Waals surface area contributed by atoms with Crippen molar-refractivity contribution in [2.45, 2.75) is 13.8 Å². The lowest BCUT2D eigenvalue weighted by molar-refractivity contribution is -0.125. The third-order valence-corrected chi connectivity index (χ3v) is 2.77. The molecule has 0 aliphatic carbocycles. The Balaban J connectivity index is 2.28. The van der Waals surface area contributed by atoms with Crippen molar-refractivity contribution in [3.8, 4) is 0 Å². The fourth-order valence-electron chi connectivity index (χ4n) is 1.61. The molecule has 5 nitrogen and oxygen atoms in total. The van der Waals surface area contributed by atoms with Crippen LogP contribution in [-0.4, -0.2) is 42.9 Å². The molecular weight excluding hydrogens is 242 g/mol. The van der Waals surface area contributed by atoms with Crippen molar-refractivity contribution in [3.63, 3.8) is 0 Å². The van der Waals surface area contributed by atoms with E-state index < -0.39 is 0 Å². The van der Waals surface area contributed by atoms with Crippen molar-refractivity contribution >= 4 is 17.5 Å². The second-order valence-electron chi connectivity index (χ2n) is 4.15. The van der Waals surface area contributed by atoms with Gasteiger partial charge >= 0.3 is 0 Å². The van der Waals surface area contributed by atoms with E-state index in [0.717, 1.165) is 18.8 Å². The lowest BCUT2D eigenvalue weighted by atomic mass is 10.3. The van der Waals surface area contributed by atoms with Gasteiger partial charge in [0.05, 0.1) is 13.1 Å². The van der Waals surface area contributed by atoms with E-state index in [1.807, 2.05) is 36.9 Å². The quantitative estimate of drug-likeness (QED) is 0.774. The summed E-state index contributed by atoms with van der Waals surface area (Å²) in [5.74, 6) is -0.356. The first kappa shape index (κ1) is 15.2. The van der Waals surface area contributed by atoms with Crippen molar-refractivity contribution in [2.75, 3.05) is 31.5 Å². The van der Waals surface area contributed by atoms with Crippen LogP contribution in [0.3, 0.4) is 0 Å². The zero-order valence-electron chi connectivity index (χ0n) is 11.5. The van der Waals surface area contributed by atoms with Gasteiger partial charge in [0.1, 0.15) is 0 Å². The van der Waals surface area contributed by atoms with E-state index in [1.165, 1.54) is 0 Å². The highest BCUT2D eigenvalue weighted by atomic mass is 16.2. The smallest absolute Gasteiger partial charge is 0.243 e. The van der Waals surface area contributed by atoms with E-state index in [-0.39, 0.29) is 18.4 Å². The van der Waals surface area contributed by atoms with Gasteiger partial charge in [-0.05, 0) is 25.2 Å². The standard InChI is InChI=1S/C14H21N3O2/c1-3-17(4-2)11-14(19)15-10-13(18)16-12-8-6-5-7-9-12/h5-9H,3-4,10-11H2,1-2H3,(H,15,19)(H,16,18). The van der Waals surface area contributed by atoms with E-state index in [4.69, 9.17) is 0 Å². The summed E-state index contributed by atoms with van der Waals surface area (Å²) in [5.41, 5.74) is 0.727. The minimum absolute atomic E-state index is 0.00496. The number of anilines is 1. The summed E-state index contributed by atoms with van der Waals surface area (Å²) in [4.78, 5) is 25.2. The number of hydrogen-bond acceptors (Lipinski definition) is 3. The number of amides is 2. The Kier molecular flexibility index (Phi) is 6.60. The summed E-state index contributed by atoms with van der Waals surface area (Å²) in [5, 5.41) is 5.32. The number of nitrogens with one attached hydrogen (secondary N) is 2. The summed E-state index contributed by atoms with van der Waals surface area (Å²) < 4.78 is 0. The first-order chi connectivity index (χ1) is 9.15. The molecule has 2 amide bonds. The summed E-state index contributed by atoms with van der Waals surface area (Å²) in [6.45, 7) is 5.96. The summed E-state index contributed by atoms with van der Waals surface area (Å²) in [7, 11) is 0. The largest absolute Gasteiger partial charge is 0.346 e. The minimum atomic E-state index is -0.223. The molecule has 0 unspecified atom stereocenters. The third kappa shape index (κ3) is 6.01. The van der Waals surface area contributed by atoms with E-state index in [9.17, 15) is 9.59 Å². The van der Waals surface area contributed by atoms with Crippen LogP contribution in [0.1, 0.15) is 13.8 Å². The molecule has 1 rings (SSSR count). The second-order valence-corrected chi connectivity index (χ2v) is 4.15. The van der Waals surface area contributed by atoms with Gasteiger partial charge in [0, 0.05) is 5.69 Å². The van der Waals surface area contributed by atoms with Gasteiger partial charge in [0.25, 0.3) is 0 Å². The maximum Gasteiger partial charge on any atom is 0.243 e. The number of nitrogens with zero attached hydrogens (tertiary/aromatic N) is 1. The molecule has 0 fully saturated rings. The maximum absolute atomic E-state index is 11.6. The van der Waals surface area contributed by atoms with Crippen LogP contribution >= 0.6 is 0 Å². The predicted octanol–water partition coefficient (Wildman–Crippen LogP) is 1.08. The molecule has 1 aromatic carbocycles. The van der Waals surface area contributed by atoms with Crippen LogP contribution in [-0.2, 0) is 9.59 Å². The van der Waals surface area contributed by atoms with E-state index in [1.54, 1.807) is 12.1 Å². The number of benzene rings is 1. The van der Waals surface area contributed by atoms with Crippen molar-refractivity contribution in [1.29, 1.82) is 0 Å². The van der Waals surface area contributed by atoms with Crippen LogP contribution in [0.4, 0.5) is 5.69 Å². The first-order valence-electron chi connectivity index (χ1n) is 6.49. The average molecular weight is 263 g/mol. The molecule has 0 spiro atoms. The molecule has 0 atom stereocenters. The molecule has 0 aliphatic heterocycles. The van der Waals surface area contributed by atoms with Crippen LogP contribution in [0.15, 0.2) is 30.3 Å². The lowest BCUT2D eigenvalue weighted by Crippen LogP contribution is -2.40. The highest BCUT2D eigenvalue weighted by Crippen LogP contribution is 2.03. The Morgan fingerprint density at radius 1 is 1.05 bits per heavy atom.